The summed E-state index contributed by atoms with van der Waals surface area (Å²) < 4.78 is 0. The number of hydrogen-bond acceptors (Lipinski definition) is 4. The lowest BCUT2D eigenvalue weighted by molar-refractivity contribution is 0.0699. The molecule has 2 heterocycles. The first kappa shape index (κ1) is 19.3. The Balaban J connectivity index is 1.65. The molecule has 3 rings (SSSR count). The van der Waals surface area contributed by atoms with E-state index >= 15 is 0 Å². The summed E-state index contributed by atoms with van der Waals surface area (Å²) in [6, 6.07) is 9.15. The van der Waals surface area contributed by atoms with E-state index in [9.17, 15) is 14.7 Å². The fourth-order valence-corrected chi connectivity index (χ4v) is 3.46. The fraction of sp³-hybridized carbons (Fsp3) is 0.476. The van der Waals surface area contributed by atoms with E-state index in [1.54, 1.807) is 13.8 Å². The molecule has 6 heteroatoms. The Morgan fingerprint density at radius 1 is 1.33 bits per heavy atom. The zero-order valence-electron chi connectivity index (χ0n) is 15.9. The maximum Gasteiger partial charge on any atom is 0.253 e. The normalized spacial score (nSPS) is 17.7. The van der Waals surface area contributed by atoms with Gasteiger partial charge < -0.3 is 15.0 Å². The van der Waals surface area contributed by atoms with Crippen molar-refractivity contribution in [2.45, 2.75) is 51.0 Å². The number of aromatic amines is 1. The highest BCUT2D eigenvalue weighted by atomic mass is 16.3. The van der Waals surface area contributed by atoms with Crippen molar-refractivity contribution in [1.29, 1.82) is 0 Å². The number of nitrogens with one attached hydrogen (secondary N) is 1. The minimum absolute atomic E-state index is 0.0126. The zero-order chi connectivity index (χ0) is 19.4. The van der Waals surface area contributed by atoms with E-state index in [4.69, 9.17) is 0 Å². The Morgan fingerprint density at radius 3 is 2.74 bits per heavy atom. The van der Waals surface area contributed by atoms with Gasteiger partial charge in [-0.3, -0.25) is 9.59 Å². The van der Waals surface area contributed by atoms with Gasteiger partial charge in [0, 0.05) is 30.6 Å². The summed E-state index contributed by atoms with van der Waals surface area (Å²) in [5.41, 5.74) is 1.67. The summed E-state index contributed by atoms with van der Waals surface area (Å²) in [4.78, 5) is 33.0. The molecule has 1 aromatic heterocycles. The van der Waals surface area contributed by atoms with Gasteiger partial charge in [0.1, 0.15) is 0 Å². The second-order valence-corrected chi connectivity index (χ2v) is 7.94. The highest BCUT2D eigenvalue weighted by molar-refractivity contribution is 5.94. The molecule has 2 N–H and O–H groups in total. The van der Waals surface area contributed by atoms with Crippen molar-refractivity contribution < 1.29 is 9.90 Å². The van der Waals surface area contributed by atoms with E-state index in [0.29, 0.717) is 18.5 Å². The first-order valence-electron chi connectivity index (χ1n) is 9.47. The number of piperidine rings is 1. The second-order valence-electron chi connectivity index (χ2n) is 7.94. The van der Waals surface area contributed by atoms with Crippen LogP contribution in [0.5, 0.6) is 0 Å². The van der Waals surface area contributed by atoms with Gasteiger partial charge in [-0.25, -0.2) is 4.98 Å². The molecule has 0 radical (unpaired) electrons. The Morgan fingerprint density at radius 2 is 2.07 bits per heavy atom. The molecular weight excluding hydrogens is 342 g/mol. The van der Waals surface area contributed by atoms with Gasteiger partial charge in [0.2, 0.25) is 0 Å². The van der Waals surface area contributed by atoms with Gasteiger partial charge in [-0.1, -0.05) is 12.1 Å². The highest BCUT2D eigenvalue weighted by Gasteiger charge is 2.26. The lowest BCUT2D eigenvalue weighted by Crippen LogP contribution is -2.39. The van der Waals surface area contributed by atoms with Crippen LogP contribution in [0.3, 0.4) is 0 Å². The minimum atomic E-state index is -0.690. The molecule has 1 fully saturated rings. The summed E-state index contributed by atoms with van der Waals surface area (Å²) in [5.74, 6) is 0.106. The standard InChI is InChI=1S/C21H27N3O3/c1-21(2,27)10-9-15-5-7-16(8-6-15)20(26)24-11-3-4-17(13-24)18-12-19(25)23-14-22-18/h5-8,12,14,17,27H,3-4,9-11,13H2,1-2H3,(H,22,23,25)/t17-/m1/s1. The van der Waals surface area contributed by atoms with Crippen LogP contribution in [0.4, 0.5) is 0 Å². The Hall–Kier alpha value is -2.47. The zero-order valence-corrected chi connectivity index (χ0v) is 15.9. The van der Waals surface area contributed by atoms with Gasteiger partial charge in [-0.05, 0) is 57.2 Å². The van der Waals surface area contributed by atoms with Crippen molar-refractivity contribution in [2.75, 3.05) is 13.1 Å². The van der Waals surface area contributed by atoms with Gasteiger partial charge in [-0.15, -0.1) is 0 Å². The van der Waals surface area contributed by atoms with Gasteiger partial charge >= 0.3 is 0 Å². The fourth-order valence-electron chi connectivity index (χ4n) is 3.46. The number of amides is 1. The number of carbonyl (C=O) groups excluding carboxylic acids is 1. The van der Waals surface area contributed by atoms with Crippen LogP contribution < -0.4 is 5.56 Å². The van der Waals surface area contributed by atoms with Gasteiger partial charge in [0.05, 0.1) is 17.6 Å². The van der Waals surface area contributed by atoms with Crippen LogP contribution >= 0.6 is 0 Å². The van der Waals surface area contributed by atoms with E-state index in [1.807, 2.05) is 29.2 Å². The summed E-state index contributed by atoms with van der Waals surface area (Å²) in [6.07, 6.45) is 4.70. The molecule has 0 aliphatic carbocycles. The Kier molecular flexibility index (Phi) is 5.75. The molecule has 27 heavy (non-hydrogen) atoms. The summed E-state index contributed by atoms with van der Waals surface area (Å²) in [5, 5.41) is 9.84. The molecule has 1 aliphatic heterocycles. The first-order valence-corrected chi connectivity index (χ1v) is 9.47. The van der Waals surface area contributed by atoms with E-state index in [1.165, 1.54) is 12.4 Å². The maximum atomic E-state index is 12.9. The van der Waals surface area contributed by atoms with Gasteiger partial charge in [0.25, 0.3) is 11.5 Å². The molecule has 2 aromatic rings. The van der Waals surface area contributed by atoms with Crippen molar-refractivity contribution in [3.8, 4) is 0 Å². The molecule has 1 aliphatic rings. The van der Waals surface area contributed by atoms with Crippen LogP contribution in [0.1, 0.15) is 60.6 Å². The van der Waals surface area contributed by atoms with E-state index in [2.05, 4.69) is 9.97 Å². The average molecular weight is 369 g/mol. The third-order valence-corrected chi connectivity index (χ3v) is 5.05. The minimum Gasteiger partial charge on any atom is -0.390 e. The maximum absolute atomic E-state index is 12.9. The number of nitrogens with zero attached hydrogens (tertiary/aromatic N) is 2. The first-order chi connectivity index (χ1) is 12.8. The molecule has 144 valence electrons. The van der Waals surface area contributed by atoms with Crippen LogP contribution in [0.15, 0.2) is 41.5 Å². The quantitative estimate of drug-likeness (QED) is 0.848. The van der Waals surface area contributed by atoms with Gasteiger partial charge in [0.15, 0.2) is 0 Å². The van der Waals surface area contributed by atoms with E-state index < -0.39 is 5.60 Å². The number of H-pyrrole nitrogens is 1. The van der Waals surface area contributed by atoms with Crippen molar-refractivity contribution in [1.82, 2.24) is 14.9 Å². The van der Waals surface area contributed by atoms with Gasteiger partial charge in [-0.2, -0.15) is 0 Å². The molecule has 1 aromatic carbocycles. The van der Waals surface area contributed by atoms with Crippen LogP contribution in [0, 0.1) is 0 Å². The van der Waals surface area contributed by atoms with Crippen molar-refractivity contribution >= 4 is 5.91 Å². The molecule has 6 nitrogen and oxygen atoms in total. The van der Waals surface area contributed by atoms with Crippen LogP contribution in [0.2, 0.25) is 0 Å². The predicted molar refractivity (Wildman–Crippen MR) is 104 cm³/mol. The summed E-state index contributed by atoms with van der Waals surface area (Å²) >= 11 is 0. The second kappa shape index (κ2) is 8.05. The summed E-state index contributed by atoms with van der Waals surface area (Å²) in [6.45, 7) is 4.90. The smallest absolute Gasteiger partial charge is 0.253 e. The van der Waals surface area contributed by atoms with Crippen molar-refractivity contribution in [2.24, 2.45) is 0 Å². The number of aryl methyl sites for hydroxylation is 1. The molecule has 0 unspecified atom stereocenters. The average Bonchev–Trinajstić information content (AvgIpc) is 2.66. The van der Waals surface area contributed by atoms with Crippen LogP contribution in [-0.4, -0.2) is 44.6 Å². The highest BCUT2D eigenvalue weighted by Crippen LogP contribution is 2.26. The van der Waals surface area contributed by atoms with E-state index in [-0.39, 0.29) is 17.4 Å². The van der Waals surface area contributed by atoms with Crippen LogP contribution in [-0.2, 0) is 6.42 Å². The molecule has 1 atom stereocenters. The number of benzene rings is 1. The lowest BCUT2D eigenvalue weighted by Gasteiger charge is -2.32. The third kappa shape index (κ3) is 5.26. The molecule has 0 bridgehead atoms. The number of rotatable bonds is 5. The molecule has 1 amide bonds. The lowest BCUT2D eigenvalue weighted by atomic mass is 9.94. The van der Waals surface area contributed by atoms with Crippen LogP contribution in [0.25, 0.3) is 0 Å². The van der Waals surface area contributed by atoms with Crippen molar-refractivity contribution in [3.63, 3.8) is 0 Å². The molecule has 1 saturated heterocycles. The Labute approximate surface area is 159 Å². The topological polar surface area (TPSA) is 86.3 Å². The van der Waals surface area contributed by atoms with Crippen molar-refractivity contribution in [3.05, 3.63) is 63.8 Å². The number of aliphatic hydroxyl groups is 1. The molecular formula is C21H27N3O3. The number of aromatic nitrogens is 2. The number of likely N-dealkylation sites (tertiary alicyclic amines) is 1. The molecule has 0 spiro atoms. The summed E-state index contributed by atoms with van der Waals surface area (Å²) in [7, 11) is 0. The monoisotopic (exact) mass is 369 g/mol. The largest absolute Gasteiger partial charge is 0.390 e. The predicted octanol–water partition coefficient (Wildman–Crippen LogP) is 2.49. The SMILES string of the molecule is CC(C)(O)CCc1ccc(C(=O)N2CCC[C@@H](c3cc(=O)[nH]cn3)C2)cc1. The number of hydrogen-bond donors (Lipinski definition) is 2. The third-order valence-electron chi connectivity index (χ3n) is 5.05. The number of carbonyl (C=O) groups is 1. The Bertz CT molecular complexity index is 837. The molecule has 0 saturated carbocycles. The van der Waals surface area contributed by atoms with E-state index in [0.717, 1.165) is 37.1 Å².